The minimum Gasteiger partial charge on any atom is -0.379 e. The number of carbonyl (C=O) groups is 1. The highest BCUT2D eigenvalue weighted by Crippen LogP contribution is 2.13. The number of benzene rings is 1. The van der Waals surface area contributed by atoms with Gasteiger partial charge in [-0.25, -0.2) is 0 Å². The summed E-state index contributed by atoms with van der Waals surface area (Å²) < 4.78 is 5.37. The van der Waals surface area contributed by atoms with Gasteiger partial charge in [0.05, 0.1) is 13.2 Å². The van der Waals surface area contributed by atoms with Crippen molar-refractivity contribution in [2.24, 2.45) is 4.99 Å². The van der Waals surface area contributed by atoms with Crippen molar-refractivity contribution in [3.05, 3.63) is 29.3 Å². The number of rotatable bonds is 10. The molecule has 1 saturated heterocycles. The Hall–Kier alpha value is -1.10. The van der Waals surface area contributed by atoms with Crippen LogP contribution >= 0.6 is 35.6 Å². The molecule has 1 aromatic rings. The van der Waals surface area contributed by atoms with Gasteiger partial charge in [-0.15, -0.1) is 24.0 Å². The molecule has 0 bridgehead atoms. The second-order valence-corrected chi connectivity index (χ2v) is 7.09. The second kappa shape index (κ2) is 15.7. The Kier molecular flexibility index (Phi) is 14.0. The third-order valence-electron chi connectivity index (χ3n) is 4.35. The van der Waals surface area contributed by atoms with Crippen LogP contribution in [0.5, 0.6) is 0 Å². The zero-order chi connectivity index (χ0) is 20.0. The summed E-state index contributed by atoms with van der Waals surface area (Å²) in [6.45, 7) is 9.12. The van der Waals surface area contributed by atoms with Crippen LogP contribution in [0, 0.1) is 0 Å². The van der Waals surface area contributed by atoms with E-state index in [1.54, 1.807) is 24.3 Å². The summed E-state index contributed by atoms with van der Waals surface area (Å²) in [6, 6.07) is 7.11. The molecule has 3 N–H and O–H groups in total. The van der Waals surface area contributed by atoms with Crippen LogP contribution in [0.1, 0.15) is 26.2 Å². The fraction of sp³-hybridized carbons (Fsp3) is 0.600. The quantitative estimate of drug-likeness (QED) is 0.185. The van der Waals surface area contributed by atoms with Crippen LogP contribution in [-0.2, 0) is 9.53 Å². The van der Waals surface area contributed by atoms with Gasteiger partial charge < -0.3 is 20.7 Å². The number of hydrogen-bond acceptors (Lipinski definition) is 4. The highest BCUT2D eigenvalue weighted by atomic mass is 127. The summed E-state index contributed by atoms with van der Waals surface area (Å²) in [6.07, 6.45) is 2.19. The number of morpholine rings is 1. The lowest BCUT2D eigenvalue weighted by atomic mass is 10.2. The number of guanidine groups is 1. The fourth-order valence-corrected chi connectivity index (χ4v) is 2.99. The Bertz CT molecular complexity index is 609. The monoisotopic (exact) mass is 537 g/mol. The Balaban J connectivity index is 0.00000420. The largest absolute Gasteiger partial charge is 0.379 e. The van der Waals surface area contributed by atoms with Crippen LogP contribution in [-0.4, -0.2) is 69.2 Å². The lowest BCUT2D eigenvalue weighted by molar-refractivity contribution is -0.116. The summed E-state index contributed by atoms with van der Waals surface area (Å²) in [7, 11) is 0. The molecule has 0 spiro atoms. The number of carbonyl (C=O) groups excluding carboxylic acids is 1. The SMILES string of the molecule is CCNC(=NCCCC(=O)Nc1ccc(Cl)cc1)NCCCN1CCOCC1.I. The average Bonchev–Trinajstić information content (AvgIpc) is 2.71. The molecule has 1 heterocycles. The van der Waals surface area contributed by atoms with E-state index in [2.05, 4.69) is 25.8 Å². The number of halogens is 2. The van der Waals surface area contributed by atoms with E-state index in [1.165, 1.54) is 0 Å². The van der Waals surface area contributed by atoms with E-state index in [-0.39, 0.29) is 29.9 Å². The number of amides is 1. The molecule has 164 valence electrons. The van der Waals surface area contributed by atoms with E-state index in [0.29, 0.717) is 24.4 Å². The smallest absolute Gasteiger partial charge is 0.224 e. The Morgan fingerprint density at radius 1 is 1.17 bits per heavy atom. The Morgan fingerprint density at radius 2 is 1.90 bits per heavy atom. The molecule has 0 aliphatic carbocycles. The van der Waals surface area contributed by atoms with Gasteiger partial charge in [0.25, 0.3) is 0 Å². The third kappa shape index (κ3) is 11.6. The van der Waals surface area contributed by atoms with Gasteiger partial charge in [-0.2, -0.15) is 0 Å². The van der Waals surface area contributed by atoms with Gasteiger partial charge in [0.1, 0.15) is 0 Å². The maximum Gasteiger partial charge on any atom is 0.224 e. The molecule has 0 radical (unpaired) electrons. The minimum atomic E-state index is -0.0130. The van der Waals surface area contributed by atoms with Crippen molar-refractivity contribution in [2.75, 3.05) is 57.8 Å². The fourth-order valence-electron chi connectivity index (χ4n) is 2.86. The van der Waals surface area contributed by atoms with Crippen LogP contribution in [0.4, 0.5) is 5.69 Å². The molecule has 2 rings (SSSR count). The van der Waals surface area contributed by atoms with Gasteiger partial charge in [0.2, 0.25) is 5.91 Å². The Labute approximate surface area is 196 Å². The van der Waals surface area contributed by atoms with E-state index in [9.17, 15) is 4.79 Å². The summed E-state index contributed by atoms with van der Waals surface area (Å²) in [5.74, 6) is 0.795. The van der Waals surface area contributed by atoms with Crippen LogP contribution in [0.25, 0.3) is 0 Å². The molecule has 0 unspecified atom stereocenters. The minimum absolute atomic E-state index is 0. The highest BCUT2D eigenvalue weighted by Gasteiger charge is 2.09. The van der Waals surface area contributed by atoms with Crippen molar-refractivity contribution < 1.29 is 9.53 Å². The van der Waals surface area contributed by atoms with Crippen molar-refractivity contribution in [3.8, 4) is 0 Å². The van der Waals surface area contributed by atoms with Gasteiger partial charge in [0.15, 0.2) is 5.96 Å². The van der Waals surface area contributed by atoms with Gasteiger partial charge in [-0.1, -0.05) is 11.6 Å². The molecular formula is C20H33ClIN5O2. The highest BCUT2D eigenvalue weighted by molar-refractivity contribution is 14.0. The summed E-state index contributed by atoms with van der Waals surface area (Å²) in [5, 5.41) is 10.1. The predicted octanol–water partition coefficient (Wildman–Crippen LogP) is 2.95. The molecule has 1 aromatic carbocycles. The average molecular weight is 538 g/mol. The lowest BCUT2D eigenvalue weighted by Gasteiger charge is -2.26. The molecule has 1 fully saturated rings. The molecule has 1 amide bonds. The van der Waals surface area contributed by atoms with Crippen LogP contribution in [0.15, 0.2) is 29.3 Å². The lowest BCUT2D eigenvalue weighted by Crippen LogP contribution is -2.40. The maximum atomic E-state index is 12.0. The van der Waals surface area contributed by atoms with Crippen molar-refractivity contribution in [2.45, 2.75) is 26.2 Å². The first kappa shape index (κ1) is 25.9. The van der Waals surface area contributed by atoms with Crippen LogP contribution < -0.4 is 16.0 Å². The molecule has 0 atom stereocenters. The molecule has 29 heavy (non-hydrogen) atoms. The van der Waals surface area contributed by atoms with E-state index in [4.69, 9.17) is 16.3 Å². The maximum absolute atomic E-state index is 12.0. The van der Waals surface area contributed by atoms with Gasteiger partial charge >= 0.3 is 0 Å². The zero-order valence-corrected chi connectivity index (χ0v) is 20.2. The van der Waals surface area contributed by atoms with Crippen LogP contribution in [0.3, 0.4) is 0 Å². The Morgan fingerprint density at radius 3 is 2.59 bits per heavy atom. The van der Waals surface area contributed by atoms with Gasteiger partial charge in [-0.3, -0.25) is 14.7 Å². The van der Waals surface area contributed by atoms with E-state index >= 15 is 0 Å². The molecule has 1 aliphatic heterocycles. The number of aliphatic imine (C=N–C) groups is 1. The van der Waals surface area contributed by atoms with Crippen molar-refractivity contribution in [1.82, 2.24) is 15.5 Å². The van der Waals surface area contributed by atoms with Crippen molar-refractivity contribution in [1.29, 1.82) is 0 Å². The summed E-state index contributed by atoms with van der Waals surface area (Å²) in [5.41, 5.74) is 0.758. The molecule has 7 nitrogen and oxygen atoms in total. The predicted molar refractivity (Wildman–Crippen MR) is 131 cm³/mol. The molecule has 0 saturated carbocycles. The summed E-state index contributed by atoms with van der Waals surface area (Å²) in [4.78, 5) is 19.0. The normalized spacial score (nSPS) is 14.8. The van der Waals surface area contributed by atoms with E-state index in [1.807, 2.05) is 6.92 Å². The first-order valence-electron chi connectivity index (χ1n) is 10.0. The van der Waals surface area contributed by atoms with Crippen molar-refractivity contribution >= 4 is 53.1 Å². The zero-order valence-electron chi connectivity index (χ0n) is 17.1. The molecule has 1 aliphatic rings. The number of hydrogen-bond donors (Lipinski definition) is 3. The topological polar surface area (TPSA) is 78.0 Å². The number of nitrogens with one attached hydrogen (secondary N) is 3. The first-order chi connectivity index (χ1) is 13.7. The van der Waals surface area contributed by atoms with E-state index < -0.39 is 0 Å². The third-order valence-corrected chi connectivity index (χ3v) is 4.60. The second-order valence-electron chi connectivity index (χ2n) is 6.65. The van der Waals surface area contributed by atoms with E-state index in [0.717, 1.165) is 64.0 Å². The number of nitrogens with zero attached hydrogens (tertiary/aromatic N) is 2. The van der Waals surface area contributed by atoms with Gasteiger partial charge in [0, 0.05) is 49.9 Å². The van der Waals surface area contributed by atoms with Crippen molar-refractivity contribution in [3.63, 3.8) is 0 Å². The summed E-state index contributed by atoms with van der Waals surface area (Å²) >= 11 is 5.84. The molecule has 0 aromatic heterocycles. The van der Waals surface area contributed by atoms with Crippen LogP contribution in [0.2, 0.25) is 5.02 Å². The molecule has 9 heteroatoms. The van der Waals surface area contributed by atoms with Gasteiger partial charge in [-0.05, 0) is 50.6 Å². The first-order valence-corrected chi connectivity index (χ1v) is 10.4. The standard InChI is InChI=1S/C20H32ClN5O2.HI/c1-2-22-20(24-11-4-12-26-13-15-28-16-14-26)23-10-3-5-19(27)25-18-8-6-17(21)7-9-18;/h6-9H,2-5,10-16H2,1H3,(H,25,27)(H2,22,23,24);1H. The molecular weight excluding hydrogens is 505 g/mol. The number of ether oxygens (including phenoxy) is 1. The number of anilines is 1.